The van der Waals surface area contributed by atoms with E-state index in [4.69, 9.17) is 5.73 Å². The third kappa shape index (κ3) is 2.11. The molecule has 1 aliphatic heterocycles. The van der Waals surface area contributed by atoms with Crippen LogP contribution in [0.4, 0.5) is 4.39 Å². The maximum absolute atomic E-state index is 13.2. The molecule has 2 N–H and O–H groups in total. The van der Waals surface area contributed by atoms with E-state index in [1.165, 1.54) is 11.6 Å². The highest BCUT2D eigenvalue weighted by Crippen LogP contribution is 2.29. The summed E-state index contributed by atoms with van der Waals surface area (Å²) in [7, 11) is 0. The zero-order chi connectivity index (χ0) is 11.7. The Balaban J connectivity index is 2.34. The van der Waals surface area contributed by atoms with E-state index in [0.29, 0.717) is 12.6 Å². The minimum Gasteiger partial charge on any atom is -0.330 e. The van der Waals surface area contributed by atoms with Crippen molar-refractivity contribution in [3.63, 3.8) is 0 Å². The molecule has 3 heteroatoms. The maximum atomic E-state index is 13.2. The Hall–Kier alpha value is -0.930. The van der Waals surface area contributed by atoms with Crippen LogP contribution >= 0.6 is 0 Å². The summed E-state index contributed by atoms with van der Waals surface area (Å²) in [6.07, 6.45) is 0. The Labute approximate surface area is 96.2 Å². The number of hydrogen-bond donors (Lipinski definition) is 1. The van der Waals surface area contributed by atoms with E-state index >= 15 is 0 Å². The maximum Gasteiger partial charge on any atom is 0.123 e. The van der Waals surface area contributed by atoms with Crippen molar-refractivity contribution >= 4 is 0 Å². The number of hydrogen-bond acceptors (Lipinski definition) is 2. The number of nitrogens with zero attached hydrogens (tertiary/aromatic N) is 1. The van der Waals surface area contributed by atoms with Crippen molar-refractivity contribution in [1.82, 2.24) is 4.90 Å². The zero-order valence-corrected chi connectivity index (χ0v) is 9.91. The Bertz CT molecular complexity index is 376. The van der Waals surface area contributed by atoms with Crippen LogP contribution in [0.5, 0.6) is 0 Å². The van der Waals surface area contributed by atoms with Gasteiger partial charge in [-0.1, -0.05) is 6.07 Å². The van der Waals surface area contributed by atoms with Gasteiger partial charge in [-0.25, -0.2) is 4.39 Å². The molecule has 1 aromatic carbocycles. The van der Waals surface area contributed by atoms with Crippen LogP contribution < -0.4 is 5.73 Å². The second-order valence-electron chi connectivity index (χ2n) is 4.80. The molecular formula is C13H19FN2. The van der Waals surface area contributed by atoms with Crippen molar-refractivity contribution in [2.75, 3.05) is 13.1 Å². The lowest BCUT2D eigenvalue weighted by molar-refractivity contribution is 0.185. The van der Waals surface area contributed by atoms with Crippen LogP contribution in [0.25, 0.3) is 0 Å². The fourth-order valence-electron chi connectivity index (χ4n) is 2.35. The van der Waals surface area contributed by atoms with Crippen molar-refractivity contribution in [3.8, 4) is 0 Å². The van der Waals surface area contributed by atoms with E-state index < -0.39 is 0 Å². The van der Waals surface area contributed by atoms with E-state index in [2.05, 4.69) is 18.7 Å². The largest absolute Gasteiger partial charge is 0.330 e. The molecule has 0 amide bonds. The highest BCUT2D eigenvalue weighted by atomic mass is 19.1. The predicted octanol–water partition coefficient (Wildman–Crippen LogP) is 2.09. The third-order valence-corrected chi connectivity index (χ3v) is 3.39. The molecule has 0 radical (unpaired) electrons. The van der Waals surface area contributed by atoms with Crippen molar-refractivity contribution in [2.45, 2.75) is 32.4 Å². The highest BCUT2D eigenvalue weighted by Gasteiger charge is 2.25. The SMILES string of the molecule is CC(C)N1Cc2ccc(F)cc2C(CN)C1. The predicted molar refractivity (Wildman–Crippen MR) is 63.7 cm³/mol. The number of halogens is 1. The molecule has 2 nitrogen and oxygen atoms in total. The summed E-state index contributed by atoms with van der Waals surface area (Å²) < 4.78 is 13.2. The van der Waals surface area contributed by atoms with Gasteiger partial charge in [0.05, 0.1) is 0 Å². The fourth-order valence-corrected chi connectivity index (χ4v) is 2.35. The molecule has 1 atom stereocenters. The second-order valence-corrected chi connectivity index (χ2v) is 4.80. The van der Waals surface area contributed by atoms with Crippen LogP contribution in [0.2, 0.25) is 0 Å². The summed E-state index contributed by atoms with van der Waals surface area (Å²) in [6.45, 7) is 6.79. The van der Waals surface area contributed by atoms with Gasteiger partial charge in [0.2, 0.25) is 0 Å². The smallest absolute Gasteiger partial charge is 0.123 e. The molecule has 1 aliphatic rings. The average Bonchev–Trinajstić information content (AvgIpc) is 2.27. The van der Waals surface area contributed by atoms with Gasteiger partial charge < -0.3 is 5.73 Å². The number of nitrogens with two attached hydrogens (primary N) is 1. The average molecular weight is 222 g/mol. The van der Waals surface area contributed by atoms with Crippen LogP contribution in [0.1, 0.15) is 30.9 Å². The summed E-state index contributed by atoms with van der Waals surface area (Å²) in [4.78, 5) is 2.39. The monoisotopic (exact) mass is 222 g/mol. The lowest BCUT2D eigenvalue weighted by Crippen LogP contribution is -2.40. The van der Waals surface area contributed by atoms with Crippen LogP contribution in [0.3, 0.4) is 0 Å². The highest BCUT2D eigenvalue weighted by molar-refractivity contribution is 5.33. The Morgan fingerprint density at radius 2 is 2.25 bits per heavy atom. The molecule has 0 aliphatic carbocycles. The molecule has 0 fully saturated rings. The molecule has 0 spiro atoms. The Kier molecular flexibility index (Phi) is 3.26. The molecular weight excluding hydrogens is 203 g/mol. The lowest BCUT2D eigenvalue weighted by atomic mass is 9.89. The standard InChI is InChI=1S/C13H19FN2/c1-9(2)16-7-10-3-4-12(14)5-13(10)11(6-15)8-16/h3-5,9,11H,6-8,15H2,1-2H3. The molecule has 0 saturated carbocycles. The van der Waals surface area contributed by atoms with E-state index in [-0.39, 0.29) is 11.7 Å². The topological polar surface area (TPSA) is 29.3 Å². The van der Waals surface area contributed by atoms with Crippen molar-refractivity contribution in [1.29, 1.82) is 0 Å². The first-order valence-corrected chi connectivity index (χ1v) is 5.84. The quantitative estimate of drug-likeness (QED) is 0.830. The first kappa shape index (κ1) is 11.6. The van der Waals surface area contributed by atoms with Crippen LogP contribution in [-0.2, 0) is 6.54 Å². The first-order chi connectivity index (χ1) is 7.61. The van der Waals surface area contributed by atoms with Crippen LogP contribution in [-0.4, -0.2) is 24.0 Å². The molecule has 0 bridgehead atoms. The zero-order valence-electron chi connectivity index (χ0n) is 9.91. The minimum atomic E-state index is -0.157. The molecule has 1 aromatic rings. The molecule has 0 saturated heterocycles. The summed E-state index contributed by atoms with van der Waals surface area (Å²) in [5.41, 5.74) is 8.10. The van der Waals surface area contributed by atoms with Gasteiger partial charge in [0.25, 0.3) is 0 Å². The van der Waals surface area contributed by atoms with E-state index in [9.17, 15) is 4.39 Å². The minimum absolute atomic E-state index is 0.157. The van der Waals surface area contributed by atoms with Gasteiger partial charge in [-0.2, -0.15) is 0 Å². The van der Waals surface area contributed by atoms with Gasteiger partial charge in [-0.15, -0.1) is 0 Å². The molecule has 88 valence electrons. The first-order valence-electron chi connectivity index (χ1n) is 5.84. The van der Waals surface area contributed by atoms with Gasteiger partial charge in [-0.05, 0) is 37.1 Å². The second kappa shape index (κ2) is 4.52. The molecule has 16 heavy (non-hydrogen) atoms. The van der Waals surface area contributed by atoms with E-state index in [1.54, 1.807) is 6.07 Å². The number of benzene rings is 1. The van der Waals surface area contributed by atoms with Gasteiger partial charge in [0.1, 0.15) is 5.82 Å². The number of rotatable bonds is 2. The normalized spacial score (nSPS) is 21.2. The number of fused-ring (bicyclic) bond motifs is 1. The molecule has 1 heterocycles. The van der Waals surface area contributed by atoms with Gasteiger partial charge in [0, 0.05) is 31.6 Å². The van der Waals surface area contributed by atoms with Gasteiger partial charge in [0.15, 0.2) is 0 Å². The van der Waals surface area contributed by atoms with Gasteiger partial charge in [-0.3, -0.25) is 4.90 Å². The summed E-state index contributed by atoms with van der Waals surface area (Å²) in [6, 6.07) is 5.58. The Morgan fingerprint density at radius 3 is 2.88 bits per heavy atom. The summed E-state index contributed by atoms with van der Waals surface area (Å²) in [5.74, 6) is 0.108. The fraction of sp³-hybridized carbons (Fsp3) is 0.538. The summed E-state index contributed by atoms with van der Waals surface area (Å²) >= 11 is 0. The molecule has 0 aromatic heterocycles. The molecule has 1 unspecified atom stereocenters. The van der Waals surface area contributed by atoms with Crippen molar-refractivity contribution in [3.05, 3.63) is 35.1 Å². The summed E-state index contributed by atoms with van der Waals surface area (Å²) in [5, 5.41) is 0. The van der Waals surface area contributed by atoms with Crippen molar-refractivity contribution < 1.29 is 4.39 Å². The van der Waals surface area contributed by atoms with E-state index in [1.807, 2.05) is 6.07 Å². The third-order valence-electron chi connectivity index (χ3n) is 3.39. The Morgan fingerprint density at radius 1 is 1.50 bits per heavy atom. The molecule has 2 rings (SSSR count). The van der Waals surface area contributed by atoms with Crippen LogP contribution in [0, 0.1) is 5.82 Å². The van der Waals surface area contributed by atoms with E-state index in [0.717, 1.165) is 18.7 Å². The lowest BCUT2D eigenvalue weighted by Gasteiger charge is -2.36. The van der Waals surface area contributed by atoms with Gasteiger partial charge >= 0.3 is 0 Å². The van der Waals surface area contributed by atoms with Crippen LogP contribution in [0.15, 0.2) is 18.2 Å². The van der Waals surface area contributed by atoms with Crippen molar-refractivity contribution in [2.24, 2.45) is 5.73 Å².